The molecule has 2 aromatic rings. The van der Waals surface area contributed by atoms with Crippen LogP contribution in [0.4, 0.5) is 0 Å². The summed E-state index contributed by atoms with van der Waals surface area (Å²) in [6.07, 6.45) is 2.83. The maximum Gasteiger partial charge on any atom is 0.0907 e. The van der Waals surface area contributed by atoms with Gasteiger partial charge >= 0.3 is 0 Å². The molecule has 3 rings (SSSR count). The molecule has 1 fully saturated rings. The fourth-order valence-corrected chi connectivity index (χ4v) is 2.95. The fourth-order valence-electron chi connectivity index (χ4n) is 2.02. The van der Waals surface area contributed by atoms with Gasteiger partial charge in [-0.05, 0) is 64.5 Å². The van der Waals surface area contributed by atoms with Gasteiger partial charge in [-0.3, -0.25) is 0 Å². The van der Waals surface area contributed by atoms with Gasteiger partial charge in [-0.25, -0.2) is 4.98 Å². The summed E-state index contributed by atoms with van der Waals surface area (Å²) in [7, 11) is 2.17. The molecule has 0 aliphatic carbocycles. The van der Waals surface area contributed by atoms with Crippen LogP contribution in [0.2, 0.25) is 0 Å². The van der Waals surface area contributed by atoms with Crippen LogP contribution in [-0.4, -0.2) is 30.0 Å². The summed E-state index contributed by atoms with van der Waals surface area (Å²) in [6.45, 7) is 10.8. The number of aromatic nitrogens is 1. The highest BCUT2D eigenvalue weighted by Crippen LogP contribution is 2.21. The van der Waals surface area contributed by atoms with Crippen molar-refractivity contribution in [1.82, 2.24) is 9.88 Å². The van der Waals surface area contributed by atoms with E-state index < -0.39 is 0 Å². The SMILES string of the molecule is CC.CN1CCCC1.Cc1ccc2nc(C)sc2c1. The number of likely N-dealkylation sites (tertiary alicyclic amines) is 1. The van der Waals surface area contributed by atoms with Gasteiger partial charge in [0.1, 0.15) is 0 Å². The van der Waals surface area contributed by atoms with Gasteiger partial charge in [0, 0.05) is 0 Å². The molecule has 106 valence electrons. The van der Waals surface area contributed by atoms with Gasteiger partial charge in [-0.1, -0.05) is 19.9 Å². The Morgan fingerprint density at radius 1 is 1.11 bits per heavy atom. The Labute approximate surface area is 121 Å². The largest absolute Gasteiger partial charge is 0.306 e. The highest BCUT2D eigenvalue weighted by atomic mass is 32.1. The molecule has 1 saturated heterocycles. The van der Waals surface area contributed by atoms with E-state index in [0.29, 0.717) is 0 Å². The summed E-state index contributed by atoms with van der Waals surface area (Å²) in [5.41, 5.74) is 2.43. The van der Waals surface area contributed by atoms with Crippen molar-refractivity contribution < 1.29 is 0 Å². The Balaban J connectivity index is 0.000000192. The number of nitrogens with zero attached hydrogens (tertiary/aromatic N) is 2. The second-order valence-corrected chi connectivity index (χ2v) is 5.95. The standard InChI is InChI=1S/C9H9NS.C5H11N.C2H6/c1-6-3-4-8-9(5-6)11-7(2)10-8;1-6-4-2-3-5-6;1-2/h3-5H,1-2H3;2-5H2,1H3;1-2H3. The number of aryl methyl sites for hydroxylation is 2. The van der Waals surface area contributed by atoms with Crippen molar-refractivity contribution in [2.75, 3.05) is 20.1 Å². The number of benzene rings is 1. The summed E-state index contributed by atoms with van der Waals surface area (Å²) >= 11 is 1.76. The first-order valence-corrected chi connectivity index (χ1v) is 7.99. The predicted molar refractivity (Wildman–Crippen MR) is 87.2 cm³/mol. The average molecular weight is 278 g/mol. The molecular formula is C16H26N2S. The third-order valence-electron chi connectivity index (χ3n) is 2.98. The molecule has 3 heteroatoms. The van der Waals surface area contributed by atoms with E-state index in [0.717, 1.165) is 10.5 Å². The first-order chi connectivity index (χ1) is 9.15. The zero-order valence-corrected chi connectivity index (χ0v) is 13.7. The minimum Gasteiger partial charge on any atom is -0.306 e. The molecule has 0 N–H and O–H groups in total. The lowest BCUT2D eigenvalue weighted by Crippen LogP contribution is -2.10. The Morgan fingerprint density at radius 3 is 2.26 bits per heavy atom. The second kappa shape index (κ2) is 8.28. The second-order valence-electron chi connectivity index (χ2n) is 4.71. The van der Waals surface area contributed by atoms with Crippen LogP contribution in [0.15, 0.2) is 18.2 Å². The molecule has 1 aliphatic rings. The van der Waals surface area contributed by atoms with Crippen LogP contribution in [0.25, 0.3) is 10.2 Å². The molecule has 1 aromatic heterocycles. The molecule has 2 heterocycles. The maximum absolute atomic E-state index is 4.37. The van der Waals surface area contributed by atoms with Crippen molar-refractivity contribution in [3.05, 3.63) is 28.8 Å². The molecule has 2 nitrogen and oxygen atoms in total. The first kappa shape index (κ1) is 16.1. The minimum absolute atomic E-state index is 1.12. The zero-order valence-electron chi connectivity index (χ0n) is 12.9. The van der Waals surface area contributed by atoms with E-state index in [4.69, 9.17) is 0 Å². The number of rotatable bonds is 0. The van der Waals surface area contributed by atoms with Gasteiger partial charge in [-0.2, -0.15) is 0 Å². The van der Waals surface area contributed by atoms with Gasteiger partial charge in [0.25, 0.3) is 0 Å². The molecule has 0 spiro atoms. The van der Waals surface area contributed by atoms with Crippen LogP contribution in [0.3, 0.4) is 0 Å². The topological polar surface area (TPSA) is 16.1 Å². The van der Waals surface area contributed by atoms with E-state index in [1.165, 1.54) is 36.2 Å². The molecule has 1 aromatic carbocycles. The van der Waals surface area contributed by atoms with Gasteiger partial charge < -0.3 is 4.90 Å². The number of hydrogen-bond acceptors (Lipinski definition) is 3. The van der Waals surface area contributed by atoms with Gasteiger partial charge in [0.2, 0.25) is 0 Å². The molecule has 1 aliphatic heterocycles. The van der Waals surface area contributed by atoms with Gasteiger partial charge in [0.05, 0.1) is 15.2 Å². The lowest BCUT2D eigenvalue weighted by molar-refractivity contribution is 0.418. The van der Waals surface area contributed by atoms with E-state index in [1.807, 2.05) is 20.8 Å². The van der Waals surface area contributed by atoms with Crippen molar-refractivity contribution in [3.8, 4) is 0 Å². The molecule has 0 amide bonds. The van der Waals surface area contributed by atoms with Crippen LogP contribution in [0.1, 0.15) is 37.3 Å². The summed E-state index contributed by atoms with van der Waals surface area (Å²) < 4.78 is 1.29. The molecule has 0 unspecified atom stereocenters. The van der Waals surface area contributed by atoms with Crippen molar-refractivity contribution >= 4 is 21.6 Å². The molecular weight excluding hydrogens is 252 g/mol. The molecule has 0 atom stereocenters. The normalized spacial score (nSPS) is 14.6. The van der Waals surface area contributed by atoms with Crippen molar-refractivity contribution in [2.24, 2.45) is 0 Å². The van der Waals surface area contributed by atoms with Crippen molar-refractivity contribution in [3.63, 3.8) is 0 Å². The molecule has 0 radical (unpaired) electrons. The third kappa shape index (κ3) is 5.29. The maximum atomic E-state index is 4.37. The van der Waals surface area contributed by atoms with E-state index in [9.17, 15) is 0 Å². The highest BCUT2D eigenvalue weighted by Gasteiger charge is 2.03. The summed E-state index contributed by atoms with van der Waals surface area (Å²) in [4.78, 5) is 6.73. The quantitative estimate of drug-likeness (QED) is 0.697. The number of hydrogen-bond donors (Lipinski definition) is 0. The van der Waals surface area contributed by atoms with E-state index in [2.05, 4.69) is 42.1 Å². The van der Waals surface area contributed by atoms with E-state index >= 15 is 0 Å². The van der Waals surface area contributed by atoms with Gasteiger partial charge in [0.15, 0.2) is 0 Å². The molecule has 0 saturated carbocycles. The minimum atomic E-state index is 1.12. The van der Waals surface area contributed by atoms with Crippen LogP contribution < -0.4 is 0 Å². The van der Waals surface area contributed by atoms with Gasteiger partial charge in [-0.15, -0.1) is 11.3 Å². The van der Waals surface area contributed by atoms with Crippen molar-refractivity contribution in [1.29, 1.82) is 0 Å². The van der Waals surface area contributed by atoms with Crippen LogP contribution >= 0.6 is 11.3 Å². The third-order valence-corrected chi connectivity index (χ3v) is 3.91. The van der Waals surface area contributed by atoms with Crippen LogP contribution in [0, 0.1) is 13.8 Å². The first-order valence-electron chi connectivity index (χ1n) is 7.17. The number of fused-ring (bicyclic) bond motifs is 1. The molecule has 19 heavy (non-hydrogen) atoms. The smallest absolute Gasteiger partial charge is 0.0907 e. The van der Waals surface area contributed by atoms with Crippen molar-refractivity contribution in [2.45, 2.75) is 40.5 Å². The average Bonchev–Trinajstić information content (AvgIpc) is 3.00. The zero-order chi connectivity index (χ0) is 14.3. The predicted octanol–water partition coefficient (Wildman–Crippen LogP) is 4.65. The Hall–Kier alpha value is -0.930. The summed E-state index contributed by atoms with van der Waals surface area (Å²) in [5.74, 6) is 0. The Morgan fingerprint density at radius 2 is 1.74 bits per heavy atom. The Bertz CT molecular complexity index is 484. The molecule has 0 bridgehead atoms. The lowest BCUT2D eigenvalue weighted by Gasteiger charge is -2.01. The van der Waals surface area contributed by atoms with E-state index in [-0.39, 0.29) is 0 Å². The summed E-state index contributed by atoms with van der Waals surface area (Å²) in [6, 6.07) is 6.36. The highest BCUT2D eigenvalue weighted by molar-refractivity contribution is 7.18. The van der Waals surface area contributed by atoms with Crippen LogP contribution in [-0.2, 0) is 0 Å². The number of thiazole rings is 1. The fraction of sp³-hybridized carbons (Fsp3) is 0.562. The monoisotopic (exact) mass is 278 g/mol. The Kier molecular flexibility index (Phi) is 7.03. The summed E-state index contributed by atoms with van der Waals surface area (Å²) in [5, 5.41) is 1.14. The lowest BCUT2D eigenvalue weighted by atomic mass is 10.2. The van der Waals surface area contributed by atoms with E-state index in [1.54, 1.807) is 11.3 Å². The van der Waals surface area contributed by atoms with Crippen LogP contribution in [0.5, 0.6) is 0 Å².